The van der Waals surface area contributed by atoms with Gasteiger partial charge in [-0.25, -0.2) is 9.59 Å². The largest absolute Gasteiger partial charge is 0.458 e. The van der Waals surface area contributed by atoms with Gasteiger partial charge in [-0.2, -0.15) is 0 Å². The Kier molecular flexibility index (Phi) is 13.4. The van der Waals surface area contributed by atoms with Gasteiger partial charge in [0.25, 0.3) is 0 Å². The minimum absolute atomic E-state index is 0.157. The fourth-order valence-electron chi connectivity index (χ4n) is 4.54. The van der Waals surface area contributed by atoms with Gasteiger partial charge in [-0.3, -0.25) is 9.59 Å². The van der Waals surface area contributed by atoms with Crippen LogP contribution in [0, 0.1) is 6.92 Å². The van der Waals surface area contributed by atoms with E-state index in [0.717, 1.165) is 11.1 Å². The maximum absolute atomic E-state index is 14.3. The van der Waals surface area contributed by atoms with Crippen LogP contribution >= 0.6 is 0 Å². The molecule has 3 unspecified atom stereocenters. The second-order valence-corrected chi connectivity index (χ2v) is 12.8. The van der Waals surface area contributed by atoms with Crippen LogP contribution in [0.5, 0.6) is 0 Å². The zero-order valence-electron chi connectivity index (χ0n) is 27.3. The average Bonchev–Trinajstić information content (AvgIpc) is 2.92. The number of unbranched alkanes of at least 4 members (excludes halogenated alkanes) is 1. The number of esters is 1. The van der Waals surface area contributed by atoms with Gasteiger partial charge in [0.15, 0.2) is 0 Å². The molecule has 3 N–H and O–H groups in total. The Labute approximate surface area is 261 Å². The Hall–Kier alpha value is -3.92. The van der Waals surface area contributed by atoms with Crippen molar-refractivity contribution in [2.45, 2.75) is 104 Å². The van der Waals surface area contributed by atoms with Crippen LogP contribution in [0.25, 0.3) is 0 Å². The predicted molar refractivity (Wildman–Crippen MR) is 169 cm³/mol. The molecule has 10 nitrogen and oxygen atoms in total. The van der Waals surface area contributed by atoms with Crippen LogP contribution in [0.2, 0.25) is 0 Å². The summed E-state index contributed by atoms with van der Waals surface area (Å²) in [7, 11) is 0. The number of aliphatic hydroxyl groups is 1. The van der Waals surface area contributed by atoms with Crippen molar-refractivity contribution < 1.29 is 33.8 Å². The standard InChI is InChI=1S/C34H49N3O7/c1-9-10-20-37(30(40)27(22-38)36-32(42)44-34(6,7)8)28(25-19-15-14-16-23(25)2)29(39)35-26(31(41)43-33(3,4)5)21-24-17-12-11-13-18-24/h11-19,26-28,38H,9-10,20-22H2,1-8H3,(H,35,39)(H,36,42). The summed E-state index contributed by atoms with van der Waals surface area (Å²) in [5.41, 5.74) is 0.493. The zero-order valence-corrected chi connectivity index (χ0v) is 27.3. The van der Waals surface area contributed by atoms with Gasteiger partial charge < -0.3 is 30.1 Å². The molecule has 0 fully saturated rings. The van der Waals surface area contributed by atoms with E-state index in [1.165, 1.54) is 4.90 Å². The van der Waals surface area contributed by atoms with Crippen LogP contribution < -0.4 is 10.6 Å². The van der Waals surface area contributed by atoms with E-state index in [1.807, 2.05) is 56.3 Å². The Balaban J connectivity index is 2.56. The van der Waals surface area contributed by atoms with Crippen LogP contribution in [0.4, 0.5) is 4.79 Å². The van der Waals surface area contributed by atoms with E-state index in [4.69, 9.17) is 9.47 Å². The van der Waals surface area contributed by atoms with E-state index < -0.39 is 59.8 Å². The van der Waals surface area contributed by atoms with Crippen molar-refractivity contribution in [2.24, 2.45) is 0 Å². The number of carbonyl (C=O) groups excluding carboxylic acids is 4. The second kappa shape index (κ2) is 16.2. The normalized spacial score (nSPS) is 13.7. The lowest BCUT2D eigenvalue weighted by Crippen LogP contribution is -2.56. The molecule has 0 spiro atoms. The molecule has 242 valence electrons. The lowest BCUT2D eigenvalue weighted by molar-refractivity contribution is -0.159. The van der Waals surface area contributed by atoms with E-state index in [9.17, 15) is 24.3 Å². The third-order valence-electron chi connectivity index (χ3n) is 6.54. The van der Waals surface area contributed by atoms with E-state index in [-0.39, 0.29) is 13.0 Å². The molecule has 0 aliphatic rings. The number of carbonyl (C=O) groups is 4. The quantitative estimate of drug-likeness (QED) is 0.282. The number of alkyl carbamates (subject to hydrolysis) is 1. The van der Waals surface area contributed by atoms with Crippen LogP contribution in [0.3, 0.4) is 0 Å². The molecule has 0 aromatic heterocycles. The van der Waals surface area contributed by atoms with Crippen LogP contribution in [-0.2, 0) is 30.3 Å². The number of aliphatic hydroxyl groups excluding tert-OH is 1. The number of hydrogen-bond donors (Lipinski definition) is 3. The lowest BCUT2D eigenvalue weighted by atomic mass is 9.97. The number of benzene rings is 2. The minimum Gasteiger partial charge on any atom is -0.458 e. The van der Waals surface area contributed by atoms with Gasteiger partial charge in [0, 0.05) is 13.0 Å². The molecule has 0 saturated carbocycles. The molecule has 2 aromatic rings. The summed E-state index contributed by atoms with van der Waals surface area (Å²) < 4.78 is 11.0. The van der Waals surface area contributed by atoms with Crippen LogP contribution in [0.15, 0.2) is 54.6 Å². The number of rotatable bonds is 13. The zero-order chi connectivity index (χ0) is 33.1. The van der Waals surface area contributed by atoms with Gasteiger partial charge in [0.2, 0.25) is 11.8 Å². The molecule has 0 aliphatic carbocycles. The highest BCUT2D eigenvalue weighted by Gasteiger charge is 2.38. The van der Waals surface area contributed by atoms with Crippen molar-refractivity contribution in [1.82, 2.24) is 15.5 Å². The maximum atomic E-state index is 14.3. The Morgan fingerprint density at radius 3 is 1.98 bits per heavy atom. The highest BCUT2D eigenvalue weighted by molar-refractivity contribution is 5.94. The summed E-state index contributed by atoms with van der Waals surface area (Å²) in [4.78, 5) is 55.6. The first-order valence-corrected chi connectivity index (χ1v) is 15.1. The summed E-state index contributed by atoms with van der Waals surface area (Å²) >= 11 is 0. The van der Waals surface area contributed by atoms with E-state index in [1.54, 1.807) is 53.7 Å². The number of ether oxygens (including phenoxy) is 2. The smallest absolute Gasteiger partial charge is 0.408 e. The SMILES string of the molecule is CCCCN(C(=O)C(CO)NC(=O)OC(C)(C)C)C(C(=O)NC(Cc1ccccc1)C(=O)OC(C)(C)C)c1ccccc1C. The summed E-state index contributed by atoms with van der Waals surface area (Å²) in [5, 5.41) is 15.5. The Bertz CT molecular complexity index is 1250. The minimum atomic E-state index is -1.37. The van der Waals surface area contributed by atoms with E-state index >= 15 is 0 Å². The first-order chi connectivity index (χ1) is 20.6. The van der Waals surface area contributed by atoms with Gasteiger partial charge in [0.05, 0.1) is 6.61 Å². The third-order valence-corrected chi connectivity index (χ3v) is 6.54. The molecule has 3 atom stereocenters. The van der Waals surface area contributed by atoms with Crippen molar-refractivity contribution in [2.75, 3.05) is 13.2 Å². The van der Waals surface area contributed by atoms with Crippen molar-refractivity contribution in [3.05, 3.63) is 71.3 Å². The predicted octanol–water partition coefficient (Wildman–Crippen LogP) is 4.62. The second-order valence-electron chi connectivity index (χ2n) is 12.8. The molecular formula is C34H49N3O7. The number of amides is 3. The van der Waals surface area contributed by atoms with Crippen LogP contribution in [-0.4, -0.2) is 70.3 Å². The molecule has 0 aliphatic heterocycles. The van der Waals surface area contributed by atoms with Gasteiger partial charge >= 0.3 is 12.1 Å². The third kappa shape index (κ3) is 11.6. The van der Waals surface area contributed by atoms with Crippen molar-refractivity contribution in [3.8, 4) is 0 Å². The van der Waals surface area contributed by atoms with E-state index in [0.29, 0.717) is 18.4 Å². The summed E-state index contributed by atoms with van der Waals surface area (Å²) in [6, 6.07) is 12.8. The molecule has 44 heavy (non-hydrogen) atoms. The highest BCUT2D eigenvalue weighted by atomic mass is 16.6. The summed E-state index contributed by atoms with van der Waals surface area (Å²) in [5.74, 6) is -1.86. The Morgan fingerprint density at radius 1 is 0.841 bits per heavy atom. The molecule has 0 saturated heterocycles. The average molecular weight is 612 g/mol. The maximum Gasteiger partial charge on any atom is 0.408 e. The fourth-order valence-corrected chi connectivity index (χ4v) is 4.54. The Morgan fingerprint density at radius 2 is 1.43 bits per heavy atom. The van der Waals surface area contributed by atoms with Crippen molar-refractivity contribution in [3.63, 3.8) is 0 Å². The molecule has 3 amide bonds. The monoisotopic (exact) mass is 611 g/mol. The summed E-state index contributed by atoms with van der Waals surface area (Å²) in [6.45, 7) is 13.5. The lowest BCUT2D eigenvalue weighted by Gasteiger charge is -2.35. The molecule has 2 aromatic carbocycles. The topological polar surface area (TPSA) is 134 Å². The number of nitrogens with zero attached hydrogens (tertiary/aromatic N) is 1. The number of aryl methyl sites for hydroxylation is 1. The summed E-state index contributed by atoms with van der Waals surface area (Å²) in [6.07, 6.45) is 0.560. The fraction of sp³-hybridized carbons (Fsp3) is 0.529. The highest BCUT2D eigenvalue weighted by Crippen LogP contribution is 2.27. The molecule has 0 bridgehead atoms. The van der Waals surface area contributed by atoms with Crippen molar-refractivity contribution >= 4 is 23.9 Å². The van der Waals surface area contributed by atoms with E-state index in [2.05, 4.69) is 10.6 Å². The first kappa shape index (κ1) is 36.3. The molecule has 2 rings (SSSR count). The molecular weight excluding hydrogens is 562 g/mol. The number of hydrogen-bond acceptors (Lipinski definition) is 7. The molecule has 0 heterocycles. The first-order valence-electron chi connectivity index (χ1n) is 15.1. The van der Waals surface area contributed by atoms with Gasteiger partial charge in [0.1, 0.15) is 29.3 Å². The van der Waals surface area contributed by atoms with Crippen molar-refractivity contribution in [1.29, 1.82) is 0 Å². The van der Waals surface area contributed by atoms with Crippen LogP contribution in [0.1, 0.15) is 84.0 Å². The van der Waals surface area contributed by atoms with Gasteiger partial charge in [-0.15, -0.1) is 0 Å². The number of nitrogens with one attached hydrogen (secondary N) is 2. The van der Waals surface area contributed by atoms with Gasteiger partial charge in [-0.1, -0.05) is 67.9 Å². The molecule has 0 radical (unpaired) electrons. The van der Waals surface area contributed by atoms with Gasteiger partial charge in [-0.05, 0) is 71.6 Å². The molecule has 10 heteroatoms.